The van der Waals surface area contributed by atoms with Gasteiger partial charge in [-0.25, -0.2) is 0 Å². The van der Waals surface area contributed by atoms with E-state index in [0.29, 0.717) is 17.2 Å². The van der Waals surface area contributed by atoms with Crippen molar-refractivity contribution in [3.8, 4) is 23.3 Å². The second-order valence-electron chi connectivity index (χ2n) is 6.09. The van der Waals surface area contributed by atoms with E-state index >= 15 is 0 Å². The van der Waals surface area contributed by atoms with Crippen molar-refractivity contribution in [3.63, 3.8) is 0 Å². The van der Waals surface area contributed by atoms with Gasteiger partial charge in [0.15, 0.2) is 11.5 Å². The van der Waals surface area contributed by atoms with Gasteiger partial charge in [0.1, 0.15) is 6.10 Å². The summed E-state index contributed by atoms with van der Waals surface area (Å²) in [6.07, 6.45) is -1.12. The molecule has 0 aliphatic carbocycles. The number of fused-ring (bicyclic) bond motifs is 1. The Bertz CT molecular complexity index is 896. The maximum atomic E-state index is 12.4. The van der Waals surface area contributed by atoms with Crippen molar-refractivity contribution in [2.24, 2.45) is 0 Å². The second kappa shape index (κ2) is 8.28. The maximum Gasteiger partial charge on any atom is 0.265 e. The van der Waals surface area contributed by atoms with Crippen LogP contribution in [0.25, 0.3) is 0 Å². The van der Waals surface area contributed by atoms with Gasteiger partial charge < -0.3 is 20.1 Å². The van der Waals surface area contributed by atoms with E-state index in [1.807, 2.05) is 18.2 Å². The fourth-order valence-corrected chi connectivity index (χ4v) is 2.62. The molecule has 2 atom stereocenters. The van der Waals surface area contributed by atoms with Crippen molar-refractivity contribution in [1.29, 1.82) is 0 Å². The normalized spacial score (nSPS) is 17.3. The predicted octanol–water partition coefficient (Wildman–Crippen LogP) is 2.34. The molecule has 2 aromatic carbocycles. The molecular formula is C21H20N2O4. The molecule has 27 heavy (non-hydrogen) atoms. The third-order valence-corrected chi connectivity index (χ3v) is 3.89. The van der Waals surface area contributed by atoms with Crippen LogP contribution in [0, 0.1) is 11.8 Å². The Morgan fingerprint density at radius 1 is 1.04 bits per heavy atom. The van der Waals surface area contributed by atoms with Gasteiger partial charge in [0, 0.05) is 18.2 Å². The Morgan fingerprint density at radius 2 is 1.70 bits per heavy atom. The largest absolute Gasteiger partial charge is 0.482 e. The topological polar surface area (TPSA) is 76.7 Å². The first-order valence-electron chi connectivity index (χ1n) is 8.59. The molecule has 0 saturated carbocycles. The number of carbonyl (C=O) groups is 2. The van der Waals surface area contributed by atoms with Gasteiger partial charge in [-0.15, -0.1) is 0 Å². The molecule has 2 unspecified atom stereocenters. The van der Waals surface area contributed by atoms with Gasteiger partial charge in [-0.1, -0.05) is 24.0 Å². The predicted molar refractivity (Wildman–Crippen MR) is 102 cm³/mol. The molecule has 0 aromatic heterocycles. The van der Waals surface area contributed by atoms with Crippen LogP contribution < -0.4 is 20.1 Å². The highest BCUT2D eigenvalue weighted by Gasteiger charge is 2.33. The van der Waals surface area contributed by atoms with E-state index in [2.05, 4.69) is 22.5 Å². The first-order valence-corrected chi connectivity index (χ1v) is 8.59. The van der Waals surface area contributed by atoms with Crippen LogP contribution in [-0.2, 0) is 9.59 Å². The summed E-state index contributed by atoms with van der Waals surface area (Å²) >= 11 is 0. The Balaban J connectivity index is 1.53. The molecule has 0 fully saturated rings. The zero-order valence-electron chi connectivity index (χ0n) is 15.1. The lowest BCUT2D eigenvalue weighted by Crippen LogP contribution is -2.49. The Kier molecular flexibility index (Phi) is 5.62. The van der Waals surface area contributed by atoms with Crippen LogP contribution in [0.15, 0.2) is 48.5 Å². The highest BCUT2D eigenvalue weighted by atomic mass is 16.6. The second-order valence-corrected chi connectivity index (χ2v) is 6.09. The number of anilines is 1. The molecule has 2 amide bonds. The Hall–Kier alpha value is -3.46. The SMILES string of the molecule is CC(=O)Nc1ccc(C#CCNC(=O)C2Oc3ccccc3OC2C)cc1. The zero-order chi connectivity index (χ0) is 19.2. The van der Waals surface area contributed by atoms with E-state index in [1.165, 1.54) is 6.92 Å². The van der Waals surface area contributed by atoms with Crippen LogP contribution in [0.5, 0.6) is 11.5 Å². The van der Waals surface area contributed by atoms with Crippen molar-refractivity contribution in [1.82, 2.24) is 5.32 Å². The molecule has 6 heteroatoms. The van der Waals surface area contributed by atoms with Crippen LogP contribution in [0.4, 0.5) is 5.69 Å². The summed E-state index contributed by atoms with van der Waals surface area (Å²) in [5.41, 5.74) is 1.50. The fourth-order valence-electron chi connectivity index (χ4n) is 2.62. The quantitative estimate of drug-likeness (QED) is 0.820. The summed E-state index contributed by atoms with van der Waals surface area (Å²) in [5.74, 6) is 6.66. The van der Waals surface area contributed by atoms with E-state index in [9.17, 15) is 9.59 Å². The summed E-state index contributed by atoms with van der Waals surface area (Å²) in [5, 5.41) is 5.44. The van der Waals surface area contributed by atoms with Crippen LogP contribution in [0.3, 0.4) is 0 Å². The highest BCUT2D eigenvalue weighted by molar-refractivity contribution is 5.88. The number of benzene rings is 2. The summed E-state index contributed by atoms with van der Waals surface area (Å²) in [6, 6.07) is 14.4. The molecule has 0 saturated heterocycles. The van der Waals surface area contributed by atoms with Crippen LogP contribution >= 0.6 is 0 Å². The van der Waals surface area contributed by atoms with Crippen LogP contribution in [0.2, 0.25) is 0 Å². The van der Waals surface area contributed by atoms with Gasteiger partial charge in [0.25, 0.3) is 5.91 Å². The summed E-state index contributed by atoms with van der Waals surface area (Å²) in [4.78, 5) is 23.3. The third-order valence-electron chi connectivity index (χ3n) is 3.89. The monoisotopic (exact) mass is 364 g/mol. The van der Waals surface area contributed by atoms with E-state index < -0.39 is 12.2 Å². The Labute approximate surface area is 157 Å². The van der Waals surface area contributed by atoms with Gasteiger partial charge in [-0.3, -0.25) is 9.59 Å². The van der Waals surface area contributed by atoms with Gasteiger partial charge in [0.05, 0.1) is 6.54 Å². The number of para-hydroxylation sites is 2. The highest BCUT2D eigenvalue weighted by Crippen LogP contribution is 2.33. The third kappa shape index (κ3) is 4.79. The average molecular weight is 364 g/mol. The van der Waals surface area contributed by atoms with E-state index in [4.69, 9.17) is 9.47 Å². The first-order chi connectivity index (χ1) is 13.0. The van der Waals surface area contributed by atoms with E-state index in [-0.39, 0.29) is 18.4 Å². The number of hydrogen-bond donors (Lipinski definition) is 2. The van der Waals surface area contributed by atoms with Crippen LogP contribution in [-0.4, -0.2) is 30.6 Å². The van der Waals surface area contributed by atoms with Crippen molar-refractivity contribution in [2.75, 3.05) is 11.9 Å². The summed E-state index contributed by atoms with van der Waals surface area (Å²) in [6.45, 7) is 3.44. The van der Waals surface area contributed by atoms with Crippen molar-refractivity contribution >= 4 is 17.5 Å². The number of hydrogen-bond acceptors (Lipinski definition) is 4. The lowest BCUT2D eigenvalue weighted by atomic mass is 10.1. The molecule has 1 aliphatic heterocycles. The maximum absolute atomic E-state index is 12.4. The number of nitrogens with one attached hydrogen (secondary N) is 2. The van der Waals surface area contributed by atoms with Crippen LogP contribution in [0.1, 0.15) is 19.4 Å². The number of carbonyl (C=O) groups excluding carboxylic acids is 2. The molecule has 138 valence electrons. The van der Waals surface area contributed by atoms with Gasteiger partial charge in [-0.05, 0) is 43.3 Å². The minimum absolute atomic E-state index is 0.123. The van der Waals surface area contributed by atoms with E-state index in [0.717, 1.165) is 5.56 Å². The molecule has 0 spiro atoms. The number of rotatable bonds is 3. The molecule has 2 N–H and O–H groups in total. The average Bonchev–Trinajstić information content (AvgIpc) is 2.65. The lowest BCUT2D eigenvalue weighted by Gasteiger charge is -2.30. The molecule has 0 bridgehead atoms. The molecule has 3 rings (SSSR count). The summed E-state index contributed by atoms with van der Waals surface area (Å²) in [7, 11) is 0. The molecule has 0 radical (unpaired) electrons. The fraction of sp³-hybridized carbons (Fsp3) is 0.238. The Morgan fingerprint density at radius 3 is 2.37 bits per heavy atom. The molecular weight excluding hydrogens is 344 g/mol. The van der Waals surface area contributed by atoms with Crippen molar-refractivity contribution in [2.45, 2.75) is 26.1 Å². The van der Waals surface area contributed by atoms with Gasteiger partial charge >= 0.3 is 0 Å². The van der Waals surface area contributed by atoms with Crippen molar-refractivity contribution in [3.05, 3.63) is 54.1 Å². The molecule has 2 aromatic rings. The smallest absolute Gasteiger partial charge is 0.265 e. The number of ether oxygens (including phenoxy) is 2. The number of amides is 2. The minimum atomic E-state index is -0.723. The van der Waals surface area contributed by atoms with E-state index in [1.54, 1.807) is 37.3 Å². The standard InChI is InChI=1S/C21H20N2O4/c1-14-20(27-19-8-4-3-7-18(19)26-14)21(25)22-13-5-6-16-9-11-17(12-10-16)23-15(2)24/h3-4,7-12,14,20H,13H2,1-2H3,(H,22,25)(H,23,24). The van der Waals surface area contributed by atoms with Gasteiger partial charge in [-0.2, -0.15) is 0 Å². The zero-order valence-corrected chi connectivity index (χ0v) is 15.1. The minimum Gasteiger partial charge on any atom is -0.482 e. The molecule has 6 nitrogen and oxygen atoms in total. The lowest BCUT2D eigenvalue weighted by molar-refractivity contribution is -0.133. The molecule has 1 heterocycles. The van der Waals surface area contributed by atoms with Gasteiger partial charge in [0.2, 0.25) is 12.0 Å². The molecule has 1 aliphatic rings. The van der Waals surface area contributed by atoms with Crippen molar-refractivity contribution < 1.29 is 19.1 Å². The summed E-state index contributed by atoms with van der Waals surface area (Å²) < 4.78 is 11.5. The first kappa shape index (κ1) is 18.3.